The van der Waals surface area contributed by atoms with Crippen molar-refractivity contribution in [3.8, 4) is 0 Å². The number of piperidine rings is 1. The Bertz CT molecular complexity index is 796. The van der Waals surface area contributed by atoms with Gasteiger partial charge in [0.05, 0.1) is 6.04 Å². The van der Waals surface area contributed by atoms with Gasteiger partial charge in [-0.05, 0) is 50.7 Å². The van der Waals surface area contributed by atoms with Gasteiger partial charge in [0.2, 0.25) is 0 Å². The number of hydrogen-bond donors (Lipinski definition) is 1. The third kappa shape index (κ3) is 2.68. The number of anilines is 2. The van der Waals surface area contributed by atoms with Crippen LogP contribution in [0.5, 0.6) is 0 Å². The van der Waals surface area contributed by atoms with Crippen LogP contribution in [0.3, 0.4) is 0 Å². The lowest BCUT2D eigenvalue weighted by atomic mass is 9.75. The fraction of sp³-hybridized carbons (Fsp3) is 0.524. The van der Waals surface area contributed by atoms with E-state index in [1.807, 2.05) is 0 Å². The van der Waals surface area contributed by atoms with Crippen LogP contribution >= 0.6 is 0 Å². The van der Waals surface area contributed by atoms with Crippen molar-refractivity contribution in [2.24, 2.45) is 0 Å². The molecule has 1 aromatic carbocycles. The molecule has 4 heteroatoms. The van der Waals surface area contributed by atoms with Gasteiger partial charge < -0.3 is 10.2 Å². The van der Waals surface area contributed by atoms with Crippen LogP contribution in [0, 0.1) is 0 Å². The Balaban J connectivity index is 1.54. The molecule has 1 aromatic heterocycles. The maximum Gasteiger partial charge on any atom is 0.136 e. The molecule has 1 saturated heterocycles. The first-order valence-corrected chi connectivity index (χ1v) is 9.70. The van der Waals surface area contributed by atoms with Crippen LogP contribution in [0.25, 0.3) is 0 Å². The largest absolute Gasteiger partial charge is 0.368 e. The van der Waals surface area contributed by atoms with Crippen molar-refractivity contribution >= 4 is 11.6 Å². The van der Waals surface area contributed by atoms with E-state index in [0.717, 1.165) is 24.0 Å². The lowest BCUT2D eigenvalue weighted by molar-refractivity contribution is 0.387. The highest BCUT2D eigenvalue weighted by molar-refractivity contribution is 5.56. The minimum Gasteiger partial charge on any atom is -0.368 e. The van der Waals surface area contributed by atoms with Gasteiger partial charge in [-0.1, -0.05) is 24.3 Å². The second-order valence-electron chi connectivity index (χ2n) is 8.11. The number of hydrogen-bond acceptors (Lipinski definition) is 4. The lowest BCUT2D eigenvalue weighted by Crippen LogP contribution is -2.43. The highest BCUT2D eigenvalue weighted by atomic mass is 15.2. The fourth-order valence-electron chi connectivity index (χ4n) is 4.48. The normalized spacial score (nSPS) is 24.5. The van der Waals surface area contributed by atoms with Gasteiger partial charge in [0.25, 0.3) is 0 Å². The maximum atomic E-state index is 4.99. The fourth-order valence-corrected chi connectivity index (χ4v) is 4.48. The van der Waals surface area contributed by atoms with Crippen molar-refractivity contribution in [3.05, 3.63) is 47.3 Å². The monoisotopic (exact) mass is 334 g/mol. The molecule has 0 unspecified atom stereocenters. The molecule has 2 bridgehead atoms. The molecule has 0 amide bonds. The molecule has 2 aromatic rings. The number of rotatable bonds is 4. The Kier molecular flexibility index (Phi) is 3.47. The molecule has 2 aliphatic heterocycles. The molecular weight excluding hydrogens is 308 g/mol. The van der Waals surface area contributed by atoms with Crippen LogP contribution in [-0.2, 0) is 0 Å². The average molecular weight is 334 g/mol. The Hall–Kier alpha value is -2.10. The van der Waals surface area contributed by atoms with E-state index in [4.69, 9.17) is 9.97 Å². The van der Waals surface area contributed by atoms with E-state index in [0.29, 0.717) is 23.9 Å². The SMILES string of the molecule is CC(C)Nc1cc(N2C[C@H]3CC[C@H]2c2ccccc23)nc(C2CC2)n1. The van der Waals surface area contributed by atoms with Gasteiger partial charge in [-0.25, -0.2) is 9.97 Å². The quantitative estimate of drug-likeness (QED) is 0.886. The molecule has 6 rings (SSSR count). The Morgan fingerprint density at radius 3 is 2.52 bits per heavy atom. The number of nitrogens with one attached hydrogen (secondary N) is 1. The Morgan fingerprint density at radius 2 is 1.76 bits per heavy atom. The van der Waals surface area contributed by atoms with Gasteiger partial charge in [0, 0.05) is 30.5 Å². The van der Waals surface area contributed by atoms with Gasteiger partial charge in [-0.15, -0.1) is 0 Å². The summed E-state index contributed by atoms with van der Waals surface area (Å²) in [4.78, 5) is 12.3. The zero-order chi connectivity index (χ0) is 17.0. The Labute approximate surface area is 149 Å². The third-order valence-corrected chi connectivity index (χ3v) is 5.78. The third-order valence-electron chi connectivity index (χ3n) is 5.78. The van der Waals surface area contributed by atoms with Crippen LogP contribution in [0.2, 0.25) is 0 Å². The van der Waals surface area contributed by atoms with Gasteiger partial charge >= 0.3 is 0 Å². The minimum atomic E-state index is 0.383. The van der Waals surface area contributed by atoms with E-state index in [1.165, 1.54) is 31.2 Å². The maximum absolute atomic E-state index is 4.99. The van der Waals surface area contributed by atoms with Crippen molar-refractivity contribution in [2.45, 2.75) is 63.5 Å². The molecule has 2 aliphatic carbocycles. The zero-order valence-electron chi connectivity index (χ0n) is 15.1. The average Bonchev–Trinajstić information content (AvgIpc) is 3.47. The summed E-state index contributed by atoms with van der Waals surface area (Å²) >= 11 is 0. The number of benzene rings is 1. The second-order valence-corrected chi connectivity index (χ2v) is 8.11. The Morgan fingerprint density at radius 1 is 1.00 bits per heavy atom. The summed E-state index contributed by atoms with van der Waals surface area (Å²) in [5, 5.41) is 3.49. The topological polar surface area (TPSA) is 41.0 Å². The van der Waals surface area contributed by atoms with Crippen molar-refractivity contribution in [3.63, 3.8) is 0 Å². The molecule has 0 spiro atoms. The number of aromatic nitrogens is 2. The molecule has 4 nitrogen and oxygen atoms in total. The van der Waals surface area contributed by atoms with Crippen LogP contribution in [0.15, 0.2) is 30.3 Å². The van der Waals surface area contributed by atoms with Crippen molar-refractivity contribution in [1.82, 2.24) is 9.97 Å². The molecule has 2 fully saturated rings. The molecule has 4 aliphatic rings. The second kappa shape index (κ2) is 5.72. The first kappa shape index (κ1) is 15.2. The molecule has 1 saturated carbocycles. The summed E-state index contributed by atoms with van der Waals surface area (Å²) in [6, 6.07) is 12.0. The molecule has 3 heterocycles. The lowest BCUT2D eigenvalue weighted by Gasteiger charge is -2.47. The van der Waals surface area contributed by atoms with Gasteiger partial charge in [0.15, 0.2) is 0 Å². The number of fused-ring (bicyclic) bond motifs is 2. The summed E-state index contributed by atoms with van der Waals surface area (Å²) in [5.41, 5.74) is 3.07. The molecule has 1 N–H and O–H groups in total. The minimum absolute atomic E-state index is 0.383. The standard InChI is InChI=1S/C21H26N4/c1-13(2)22-19-11-20(24-21(23-19)14-7-8-14)25-12-15-9-10-18(25)17-6-4-3-5-16(15)17/h3-6,11,13-15,18H,7-10,12H2,1-2H3,(H,22,23,24)/t15-,18+/m1/s1. The summed E-state index contributed by atoms with van der Waals surface area (Å²) in [6.45, 7) is 5.42. The van der Waals surface area contributed by atoms with Crippen LogP contribution < -0.4 is 10.2 Å². The molecule has 25 heavy (non-hydrogen) atoms. The van der Waals surface area contributed by atoms with Gasteiger partial charge in [-0.2, -0.15) is 0 Å². The molecule has 0 radical (unpaired) electrons. The molecular formula is C21H26N4. The first-order valence-electron chi connectivity index (χ1n) is 9.70. The van der Waals surface area contributed by atoms with Crippen LogP contribution in [0.4, 0.5) is 11.6 Å². The van der Waals surface area contributed by atoms with Crippen LogP contribution in [-0.4, -0.2) is 22.6 Å². The highest BCUT2D eigenvalue weighted by Crippen LogP contribution is 2.48. The van der Waals surface area contributed by atoms with Crippen molar-refractivity contribution in [1.29, 1.82) is 0 Å². The van der Waals surface area contributed by atoms with Gasteiger partial charge in [-0.3, -0.25) is 0 Å². The molecule has 130 valence electrons. The van der Waals surface area contributed by atoms with E-state index < -0.39 is 0 Å². The summed E-state index contributed by atoms with van der Waals surface area (Å²) in [6.07, 6.45) is 5.01. The predicted molar refractivity (Wildman–Crippen MR) is 101 cm³/mol. The number of nitrogens with zero attached hydrogens (tertiary/aromatic N) is 3. The highest BCUT2D eigenvalue weighted by Gasteiger charge is 2.39. The van der Waals surface area contributed by atoms with Crippen LogP contribution in [0.1, 0.15) is 74.4 Å². The van der Waals surface area contributed by atoms with Crippen molar-refractivity contribution in [2.75, 3.05) is 16.8 Å². The predicted octanol–water partition coefficient (Wildman–Crippen LogP) is 4.61. The summed E-state index contributed by atoms with van der Waals surface area (Å²) in [5.74, 6) is 4.35. The summed E-state index contributed by atoms with van der Waals surface area (Å²) in [7, 11) is 0. The first-order chi connectivity index (χ1) is 12.2. The van der Waals surface area contributed by atoms with Gasteiger partial charge in [0.1, 0.15) is 17.5 Å². The van der Waals surface area contributed by atoms with E-state index in [2.05, 4.69) is 54.4 Å². The van der Waals surface area contributed by atoms with E-state index in [1.54, 1.807) is 5.56 Å². The van der Waals surface area contributed by atoms with E-state index >= 15 is 0 Å². The molecule has 2 atom stereocenters. The summed E-state index contributed by atoms with van der Waals surface area (Å²) < 4.78 is 0. The van der Waals surface area contributed by atoms with E-state index in [9.17, 15) is 0 Å². The smallest absolute Gasteiger partial charge is 0.136 e. The van der Waals surface area contributed by atoms with E-state index in [-0.39, 0.29) is 0 Å². The van der Waals surface area contributed by atoms with Crippen molar-refractivity contribution < 1.29 is 0 Å². The zero-order valence-corrected chi connectivity index (χ0v) is 15.1.